The first-order valence-electron chi connectivity index (χ1n) is 5.19. The number of hydrogen-bond acceptors (Lipinski definition) is 1. The summed E-state index contributed by atoms with van der Waals surface area (Å²) in [6, 6.07) is 8.85. The fraction of sp³-hybridized carbons (Fsp3) is 0.400. The minimum Gasteiger partial charge on any atom is -0.396 e. The molecule has 1 nitrogen and oxygen atoms in total. The Morgan fingerprint density at radius 2 is 2.18 bits per heavy atom. The van der Waals surface area contributed by atoms with Gasteiger partial charge in [-0.3, -0.25) is 0 Å². The molecule has 0 aliphatic heterocycles. The smallest absolute Gasteiger partial charge is 0.0567 e. The van der Waals surface area contributed by atoms with E-state index >= 15 is 0 Å². The van der Waals surface area contributed by atoms with E-state index < -0.39 is 18.9 Å². The van der Waals surface area contributed by atoms with Gasteiger partial charge in [0.1, 0.15) is 0 Å². The highest BCUT2D eigenvalue weighted by Crippen LogP contribution is 2.06. The Balaban J connectivity index is 2.90. The van der Waals surface area contributed by atoms with Crippen molar-refractivity contribution in [3.8, 4) is 0 Å². The number of benzene rings is 1. The van der Waals surface area contributed by atoms with Gasteiger partial charge in [0.15, 0.2) is 0 Å². The summed E-state index contributed by atoms with van der Waals surface area (Å²) in [6.45, 7) is -0.166. The van der Waals surface area contributed by atoms with E-state index in [0.29, 0.717) is 5.56 Å². The first-order chi connectivity index (χ1) is 6.46. The highest BCUT2D eigenvalue weighted by Gasteiger charge is 1.99. The maximum atomic E-state index is 9.07. The molecule has 0 saturated heterocycles. The molecule has 60 valence electrons. The topological polar surface area (TPSA) is 20.2 Å². The van der Waals surface area contributed by atoms with Gasteiger partial charge in [0.25, 0.3) is 0 Å². The molecular weight excluding hydrogens is 136 g/mol. The van der Waals surface area contributed by atoms with Gasteiger partial charge in [-0.25, -0.2) is 0 Å². The third kappa shape index (κ3) is 2.72. The van der Waals surface area contributed by atoms with Crippen LogP contribution in [-0.2, 0) is 6.40 Å². The maximum absolute atomic E-state index is 9.07. The van der Waals surface area contributed by atoms with Crippen LogP contribution >= 0.6 is 0 Å². The van der Waals surface area contributed by atoms with Gasteiger partial charge in [0.2, 0.25) is 0 Å². The highest BCUT2D eigenvalue weighted by molar-refractivity contribution is 5.14. The van der Waals surface area contributed by atoms with Crippen LogP contribution in [0.4, 0.5) is 0 Å². The fourth-order valence-electron chi connectivity index (χ4n) is 0.849. The van der Waals surface area contributed by atoms with Crippen LogP contribution in [0.1, 0.15) is 16.6 Å². The minimum absolute atomic E-state index is 0.649. The van der Waals surface area contributed by atoms with Crippen molar-refractivity contribution in [1.29, 1.82) is 0 Å². The largest absolute Gasteiger partial charge is 0.396 e. The summed E-state index contributed by atoms with van der Waals surface area (Å²) in [5, 5.41) is 9.07. The monoisotopic (exact) mass is 153 g/mol. The Kier molecular flexibility index (Phi) is 1.86. The summed E-state index contributed by atoms with van der Waals surface area (Å²) >= 11 is 0. The Hall–Kier alpha value is -0.820. The number of hydrogen-bond donors (Lipinski definition) is 1. The molecule has 0 aromatic heterocycles. The summed E-state index contributed by atoms with van der Waals surface area (Å²) in [6.07, 6.45) is -0.906. The van der Waals surface area contributed by atoms with Gasteiger partial charge in [-0.1, -0.05) is 37.3 Å². The number of aliphatic hydroxyl groups excluding tert-OH is 1. The summed E-state index contributed by atoms with van der Waals surface area (Å²) in [5.74, 6) is -1.50. The summed E-state index contributed by atoms with van der Waals surface area (Å²) < 4.78 is 22.6. The van der Waals surface area contributed by atoms with E-state index in [2.05, 4.69) is 0 Å². The van der Waals surface area contributed by atoms with Crippen LogP contribution in [0.15, 0.2) is 30.3 Å². The lowest BCUT2D eigenvalue weighted by Crippen LogP contribution is -2.03. The van der Waals surface area contributed by atoms with Gasteiger partial charge in [0, 0.05) is 9.32 Å². The van der Waals surface area contributed by atoms with Crippen molar-refractivity contribution < 1.29 is 9.22 Å². The molecule has 0 saturated carbocycles. The molecule has 1 aromatic carbocycles. The summed E-state index contributed by atoms with van der Waals surface area (Å²) in [4.78, 5) is 0. The number of rotatable bonds is 3. The predicted octanol–water partition coefficient (Wildman–Crippen LogP) is 1.86. The third-order valence-corrected chi connectivity index (χ3v) is 1.40. The van der Waals surface area contributed by atoms with E-state index in [1.54, 1.807) is 24.3 Å². The third-order valence-electron chi connectivity index (χ3n) is 1.40. The molecule has 0 aliphatic carbocycles. The molecule has 0 fully saturated rings. The Morgan fingerprint density at radius 3 is 2.73 bits per heavy atom. The van der Waals surface area contributed by atoms with Gasteiger partial charge in [-0.2, -0.15) is 0 Å². The van der Waals surface area contributed by atoms with Crippen molar-refractivity contribution in [3.05, 3.63) is 35.9 Å². The second-order valence-electron chi connectivity index (χ2n) is 2.43. The van der Waals surface area contributed by atoms with Crippen molar-refractivity contribution >= 4 is 0 Å². The maximum Gasteiger partial charge on any atom is 0.0567 e. The predicted molar refractivity (Wildman–Crippen MR) is 46.4 cm³/mol. The van der Waals surface area contributed by atoms with Crippen LogP contribution in [0.3, 0.4) is 0 Å². The molecule has 0 spiro atoms. The van der Waals surface area contributed by atoms with Crippen LogP contribution < -0.4 is 0 Å². The quantitative estimate of drug-likeness (QED) is 0.702. The standard InChI is InChI=1S/C10H14O/c1-9(8-11)7-10-5-3-2-4-6-10/h2-6,9,11H,7-8H2,1H3/t9-/m0/s1/i7D,8D,9D/t7-,8?,9+/m1. The molecule has 1 N–H and O–H groups in total. The van der Waals surface area contributed by atoms with Crippen molar-refractivity contribution in [3.63, 3.8) is 0 Å². The first-order valence-corrected chi connectivity index (χ1v) is 3.53. The molecule has 1 heteroatoms. The Bertz CT molecular complexity index is 285. The van der Waals surface area contributed by atoms with Gasteiger partial charge in [-0.15, -0.1) is 0 Å². The van der Waals surface area contributed by atoms with E-state index in [1.165, 1.54) is 6.92 Å². The molecule has 0 aliphatic rings. The lowest BCUT2D eigenvalue weighted by Gasteiger charge is -2.06. The van der Waals surface area contributed by atoms with E-state index in [0.717, 1.165) is 0 Å². The highest BCUT2D eigenvalue weighted by atomic mass is 16.3. The van der Waals surface area contributed by atoms with Crippen molar-refractivity contribution in [2.45, 2.75) is 13.3 Å². The molecule has 0 bridgehead atoms. The average Bonchev–Trinajstić information content (AvgIpc) is 2.17. The van der Waals surface area contributed by atoms with E-state index in [1.807, 2.05) is 6.07 Å². The molecule has 0 amide bonds. The molecule has 0 heterocycles. The van der Waals surface area contributed by atoms with E-state index in [-0.39, 0.29) is 0 Å². The zero-order valence-corrected chi connectivity index (χ0v) is 6.49. The normalized spacial score (nSPS) is 25.5. The molecular formula is C10H14O. The molecule has 11 heavy (non-hydrogen) atoms. The molecule has 1 aromatic rings. The Labute approximate surface area is 71.9 Å². The van der Waals surface area contributed by atoms with Gasteiger partial charge in [-0.05, 0) is 17.9 Å². The molecule has 1 rings (SSSR count). The van der Waals surface area contributed by atoms with Crippen LogP contribution in [0.2, 0.25) is 0 Å². The molecule has 3 atom stereocenters. The first kappa shape index (κ1) is 4.94. The van der Waals surface area contributed by atoms with Crippen LogP contribution in [0, 0.1) is 5.89 Å². The molecule has 1 unspecified atom stereocenters. The van der Waals surface area contributed by atoms with Crippen molar-refractivity contribution in [1.82, 2.24) is 0 Å². The molecule has 0 radical (unpaired) electrons. The van der Waals surface area contributed by atoms with Gasteiger partial charge in [0.05, 0.1) is 1.37 Å². The SMILES string of the molecule is [2H]C(O)[C@@]([2H])(C)[C@@H]([2H])c1ccccc1. The van der Waals surface area contributed by atoms with Crippen LogP contribution in [0.5, 0.6) is 0 Å². The fourth-order valence-corrected chi connectivity index (χ4v) is 0.849. The second-order valence-corrected chi connectivity index (χ2v) is 2.43. The second kappa shape index (κ2) is 4.14. The van der Waals surface area contributed by atoms with Crippen LogP contribution in [0.25, 0.3) is 0 Å². The lowest BCUT2D eigenvalue weighted by atomic mass is 10.0. The van der Waals surface area contributed by atoms with Crippen LogP contribution in [-0.4, -0.2) is 11.7 Å². The van der Waals surface area contributed by atoms with Gasteiger partial charge < -0.3 is 5.11 Å². The van der Waals surface area contributed by atoms with E-state index in [9.17, 15) is 0 Å². The zero-order chi connectivity index (χ0) is 10.8. The summed E-state index contributed by atoms with van der Waals surface area (Å²) in [7, 11) is 0. The Morgan fingerprint density at radius 1 is 1.55 bits per heavy atom. The lowest BCUT2D eigenvalue weighted by molar-refractivity contribution is 0.237. The average molecular weight is 153 g/mol. The van der Waals surface area contributed by atoms with Gasteiger partial charge >= 0.3 is 0 Å². The van der Waals surface area contributed by atoms with E-state index in [4.69, 9.17) is 9.22 Å². The number of aliphatic hydroxyl groups is 1. The summed E-state index contributed by atoms with van der Waals surface area (Å²) in [5.41, 5.74) is 0.649. The minimum atomic E-state index is -1.56. The van der Waals surface area contributed by atoms with Crippen molar-refractivity contribution in [2.75, 3.05) is 6.58 Å². The van der Waals surface area contributed by atoms with Crippen molar-refractivity contribution in [2.24, 2.45) is 5.89 Å². The zero-order valence-electron chi connectivity index (χ0n) is 9.49.